The summed E-state index contributed by atoms with van der Waals surface area (Å²) in [6.07, 6.45) is 6.63. The molecule has 0 aromatic carbocycles. The number of piperidine rings is 1. The number of rotatable bonds is 1. The molecule has 1 spiro atoms. The molecular formula is C17H29NO3S. The minimum Gasteiger partial charge on any atom is -0.444 e. The standard InChI is InChI=1S/C17H29NO3S/c1-13(19)22-14-5-7-17(8-6-14)9-11-18(12-10-17)15(20)21-16(2,3)4/h14H,5-12H2,1-4H3. The summed E-state index contributed by atoms with van der Waals surface area (Å²) in [7, 11) is 0. The Kier molecular flexibility index (Phi) is 5.46. The molecule has 0 aromatic rings. The highest BCUT2D eigenvalue weighted by molar-refractivity contribution is 8.14. The smallest absolute Gasteiger partial charge is 0.410 e. The summed E-state index contributed by atoms with van der Waals surface area (Å²) in [5.41, 5.74) is -0.0272. The van der Waals surface area contributed by atoms with Gasteiger partial charge >= 0.3 is 6.09 Å². The van der Waals surface area contributed by atoms with Gasteiger partial charge < -0.3 is 9.64 Å². The van der Waals surface area contributed by atoms with Crippen LogP contribution in [0.25, 0.3) is 0 Å². The van der Waals surface area contributed by atoms with E-state index in [4.69, 9.17) is 4.74 Å². The van der Waals surface area contributed by atoms with Crippen LogP contribution in [0.1, 0.15) is 66.2 Å². The van der Waals surface area contributed by atoms with Crippen LogP contribution in [0.4, 0.5) is 4.79 Å². The Morgan fingerprint density at radius 3 is 2.09 bits per heavy atom. The second kappa shape index (κ2) is 6.81. The molecular weight excluding hydrogens is 298 g/mol. The highest BCUT2D eigenvalue weighted by Crippen LogP contribution is 2.47. The van der Waals surface area contributed by atoms with E-state index in [-0.39, 0.29) is 11.2 Å². The third-order valence-electron chi connectivity index (χ3n) is 4.80. The maximum atomic E-state index is 12.1. The third kappa shape index (κ3) is 4.90. The number of nitrogens with zero attached hydrogens (tertiary/aromatic N) is 1. The number of likely N-dealkylation sites (tertiary alicyclic amines) is 1. The molecule has 1 aliphatic heterocycles. The van der Waals surface area contributed by atoms with Gasteiger partial charge in [-0.05, 0) is 64.7 Å². The zero-order valence-electron chi connectivity index (χ0n) is 14.3. The molecule has 4 nitrogen and oxygen atoms in total. The first-order valence-electron chi connectivity index (χ1n) is 8.34. The predicted molar refractivity (Wildman–Crippen MR) is 90.0 cm³/mol. The van der Waals surface area contributed by atoms with Gasteiger partial charge in [-0.25, -0.2) is 4.79 Å². The van der Waals surface area contributed by atoms with Crippen LogP contribution in [0.5, 0.6) is 0 Å². The Bertz CT molecular complexity index is 412. The summed E-state index contributed by atoms with van der Waals surface area (Å²) in [6.45, 7) is 8.99. The van der Waals surface area contributed by atoms with Crippen LogP contribution in [-0.2, 0) is 9.53 Å². The Labute approximate surface area is 138 Å². The van der Waals surface area contributed by atoms with Crippen molar-refractivity contribution >= 4 is 23.0 Å². The van der Waals surface area contributed by atoms with Gasteiger partial charge in [0.2, 0.25) is 0 Å². The normalized spacial score (nSPS) is 22.6. The zero-order valence-corrected chi connectivity index (χ0v) is 15.1. The van der Waals surface area contributed by atoms with Crippen molar-refractivity contribution in [1.82, 2.24) is 4.90 Å². The van der Waals surface area contributed by atoms with Crippen LogP contribution < -0.4 is 0 Å². The van der Waals surface area contributed by atoms with Crippen LogP contribution in [0.3, 0.4) is 0 Å². The average molecular weight is 327 g/mol. The predicted octanol–water partition coefficient (Wildman–Crippen LogP) is 4.23. The van der Waals surface area contributed by atoms with E-state index in [1.165, 1.54) is 24.6 Å². The van der Waals surface area contributed by atoms with Gasteiger partial charge in [0.1, 0.15) is 5.60 Å². The molecule has 0 atom stereocenters. The van der Waals surface area contributed by atoms with Crippen molar-refractivity contribution in [1.29, 1.82) is 0 Å². The SMILES string of the molecule is CC(=O)SC1CCC2(CC1)CCN(C(=O)OC(C)(C)C)CC2. The van der Waals surface area contributed by atoms with Crippen molar-refractivity contribution in [2.75, 3.05) is 13.1 Å². The van der Waals surface area contributed by atoms with Crippen molar-refractivity contribution in [2.24, 2.45) is 5.41 Å². The first-order valence-corrected chi connectivity index (χ1v) is 9.22. The summed E-state index contributed by atoms with van der Waals surface area (Å²) < 4.78 is 5.46. The molecule has 0 N–H and O–H groups in total. The summed E-state index contributed by atoms with van der Waals surface area (Å²) in [5.74, 6) is 0. The lowest BCUT2D eigenvalue weighted by Crippen LogP contribution is -2.46. The van der Waals surface area contributed by atoms with Crippen molar-refractivity contribution in [3.63, 3.8) is 0 Å². The van der Waals surface area contributed by atoms with Gasteiger partial charge in [-0.3, -0.25) is 4.79 Å². The van der Waals surface area contributed by atoms with E-state index >= 15 is 0 Å². The van der Waals surface area contributed by atoms with E-state index in [0.29, 0.717) is 10.7 Å². The van der Waals surface area contributed by atoms with Crippen LogP contribution in [0.15, 0.2) is 0 Å². The number of carbonyl (C=O) groups excluding carboxylic acids is 2. The van der Waals surface area contributed by atoms with E-state index in [0.717, 1.165) is 38.8 Å². The fraction of sp³-hybridized carbons (Fsp3) is 0.882. The van der Waals surface area contributed by atoms with Gasteiger partial charge in [0.05, 0.1) is 0 Å². The number of hydrogen-bond donors (Lipinski definition) is 0. The Morgan fingerprint density at radius 2 is 1.64 bits per heavy atom. The highest BCUT2D eigenvalue weighted by Gasteiger charge is 2.40. The molecule has 126 valence electrons. The second-order valence-corrected chi connectivity index (χ2v) is 9.25. The molecule has 5 heteroatoms. The molecule has 1 saturated heterocycles. The molecule has 1 heterocycles. The molecule has 0 bridgehead atoms. The Hall–Kier alpha value is -0.710. The molecule has 0 radical (unpaired) electrons. The summed E-state index contributed by atoms with van der Waals surface area (Å²) >= 11 is 1.51. The Balaban J connectivity index is 1.80. The fourth-order valence-electron chi connectivity index (χ4n) is 3.55. The molecule has 0 aromatic heterocycles. The maximum absolute atomic E-state index is 12.1. The molecule has 0 unspecified atom stereocenters. The van der Waals surface area contributed by atoms with Gasteiger partial charge in [-0.1, -0.05) is 11.8 Å². The molecule has 2 aliphatic rings. The van der Waals surface area contributed by atoms with Crippen molar-refractivity contribution in [2.45, 2.75) is 77.1 Å². The van der Waals surface area contributed by atoms with Gasteiger partial charge in [0.25, 0.3) is 0 Å². The summed E-state index contributed by atoms with van der Waals surface area (Å²) in [4.78, 5) is 25.2. The lowest BCUT2D eigenvalue weighted by molar-refractivity contribution is -0.109. The lowest BCUT2D eigenvalue weighted by atomic mass is 9.68. The molecule has 22 heavy (non-hydrogen) atoms. The maximum Gasteiger partial charge on any atom is 0.410 e. The number of thioether (sulfide) groups is 1. The van der Waals surface area contributed by atoms with E-state index in [1.54, 1.807) is 6.92 Å². The van der Waals surface area contributed by atoms with Crippen LogP contribution in [0.2, 0.25) is 0 Å². The fourth-order valence-corrected chi connectivity index (χ4v) is 4.49. The summed E-state index contributed by atoms with van der Waals surface area (Å²) in [5, 5.41) is 0.743. The molecule has 1 aliphatic carbocycles. The van der Waals surface area contributed by atoms with E-state index in [2.05, 4.69) is 0 Å². The molecule has 1 amide bonds. The number of carbonyl (C=O) groups is 2. The quantitative estimate of drug-likeness (QED) is 0.723. The molecule has 1 saturated carbocycles. The minimum atomic E-state index is -0.422. The zero-order chi connectivity index (χ0) is 16.4. The average Bonchev–Trinajstić information content (AvgIpc) is 2.40. The number of amides is 1. The second-order valence-electron chi connectivity index (χ2n) is 7.78. The van der Waals surface area contributed by atoms with E-state index < -0.39 is 5.60 Å². The first-order chi connectivity index (χ1) is 10.2. The van der Waals surface area contributed by atoms with E-state index in [1.807, 2.05) is 25.7 Å². The third-order valence-corrected chi connectivity index (χ3v) is 5.94. The monoisotopic (exact) mass is 327 g/mol. The summed E-state index contributed by atoms with van der Waals surface area (Å²) in [6, 6.07) is 0. The van der Waals surface area contributed by atoms with Gasteiger partial charge in [0, 0.05) is 25.3 Å². The van der Waals surface area contributed by atoms with Gasteiger partial charge in [-0.2, -0.15) is 0 Å². The van der Waals surface area contributed by atoms with Crippen LogP contribution in [0, 0.1) is 5.41 Å². The molecule has 2 fully saturated rings. The number of ether oxygens (including phenoxy) is 1. The topological polar surface area (TPSA) is 46.6 Å². The van der Waals surface area contributed by atoms with Gasteiger partial charge in [-0.15, -0.1) is 0 Å². The Morgan fingerprint density at radius 1 is 1.09 bits per heavy atom. The largest absolute Gasteiger partial charge is 0.444 e. The van der Waals surface area contributed by atoms with Crippen LogP contribution >= 0.6 is 11.8 Å². The highest BCUT2D eigenvalue weighted by atomic mass is 32.2. The van der Waals surface area contributed by atoms with Gasteiger partial charge in [0.15, 0.2) is 5.12 Å². The van der Waals surface area contributed by atoms with Crippen molar-refractivity contribution < 1.29 is 14.3 Å². The van der Waals surface area contributed by atoms with Crippen LogP contribution in [-0.4, -0.2) is 40.0 Å². The van der Waals surface area contributed by atoms with E-state index in [9.17, 15) is 9.59 Å². The molecule has 2 rings (SSSR count). The first kappa shape index (κ1) is 17.6. The number of hydrogen-bond acceptors (Lipinski definition) is 4. The minimum absolute atomic E-state index is 0.178. The van der Waals surface area contributed by atoms with Crippen molar-refractivity contribution in [3.8, 4) is 0 Å². The van der Waals surface area contributed by atoms with Crippen molar-refractivity contribution in [3.05, 3.63) is 0 Å². The lowest BCUT2D eigenvalue weighted by Gasteiger charge is -2.45.